The average molecular weight is 1000 g/mol. The first kappa shape index (κ1) is 67.8. The van der Waals surface area contributed by atoms with Crippen LogP contribution in [-0.4, -0.2) is 48.3 Å². The summed E-state index contributed by atoms with van der Waals surface area (Å²) in [6.45, 7) is 25.5. The van der Waals surface area contributed by atoms with Crippen LogP contribution in [-0.2, 0) is 47.0 Å². The summed E-state index contributed by atoms with van der Waals surface area (Å²) < 4.78 is 29.6. The number of anilines is 1. The first-order valence-corrected chi connectivity index (χ1v) is 23.9. The molecule has 0 saturated heterocycles. The van der Waals surface area contributed by atoms with E-state index in [9.17, 15) is 13.5 Å². The maximum Gasteiger partial charge on any atom is 0.299 e. The summed E-state index contributed by atoms with van der Waals surface area (Å²) in [5, 5.41) is 40.2. The second kappa shape index (κ2) is 45.4. The number of phenols is 1. The van der Waals surface area contributed by atoms with Gasteiger partial charge in [-0.3, -0.25) is 4.18 Å². The van der Waals surface area contributed by atoms with E-state index in [-0.39, 0.29) is 49.0 Å². The fraction of sp³-hybridized carbons (Fsp3) is 0.396. The minimum atomic E-state index is -4.16. The van der Waals surface area contributed by atoms with E-state index in [0.717, 1.165) is 18.4 Å². The van der Waals surface area contributed by atoms with Gasteiger partial charge in [-0.25, -0.2) is 10.2 Å². The molecular formula is C53H80N7O4SY-. The molecule has 0 heterocycles. The molecule has 6 aromatic rings. The Hall–Kier alpha value is -4.75. The van der Waals surface area contributed by atoms with Crippen LogP contribution in [0.4, 0.5) is 22.7 Å². The van der Waals surface area contributed by atoms with Crippen LogP contribution < -0.4 is 5.32 Å². The molecule has 13 heteroatoms. The maximum absolute atomic E-state index is 12.5. The standard InChI is InChI=1S/C21H22N5O4S.C10H8.C6H6.4C3H8.C2H6N2.C2H6.Y/c1-5-23-15-7-6-14-11-19(31(28,29)30-4)20(21(27)17(14)12-15)26-24-16-8-9-18(25-22-3)13(2)10-16;1-2-6-10-8-4-3-7-9(10)5-1;1-2-4-6-5-3-1;4*1-3-2;1-3-4-2;1-2;/h6-7,9-12,23,27H,5H2,1-4H3;1-8H;1-6H;4*3H2,1-2H3;1-2H3;1-2H3;/q-1;;;;;;;;;. The summed E-state index contributed by atoms with van der Waals surface area (Å²) in [7, 11) is 1.73. The summed E-state index contributed by atoms with van der Waals surface area (Å²) in [6.07, 6.45) is 5.00. The molecule has 0 aliphatic heterocycles. The van der Waals surface area contributed by atoms with E-state index in [1.54, 1.807) is 51.5 Å². The minimum absolute atomic E-state index is 0. The van der Waals surface area contributed by atoms with Gasteiger partial charge in [0.15, 0.2) is 5.75 Å². The van der Waals surface area contributed by atoms with Crippen molar-refractivity contribution in [2.75, 3.05) is 40.1 Å². The SMILES string of the molecule is CC.CCC.CCC.CCC.CCC.CCNc1ccc2cc(S(=O)(=O)OC)c(N=Nc3[c-]cc(N=NC)c(C)c3)c(O)c2c1.CN=NC.[Y].c1ccc2ccccc2c1.c1ccccc1. The van der Waals surface area contributed by atoms with Gasteiger partial charge in [-0.1, -0.05) is 193 Å². The van der Waals surface area contributed by atoms with Crippen molar-refractivity contribution in [1.82, 2.24) is 0 Å². The molecule has 0 aromatic heterocycles. The third kappa shape index (κ3) is 29.7. The number of azo groups is 3. The molecule has 66 heavy (non-hydrogen) atoms. The predicted molar refractivity (Wildman–Crippen MR) is 281 cm³/mol. The predicted octanol–water partition coefficient (Wildman–Crippen LogP) is 17.5. The minimum Gasteiger partial charge on any atom is -0.505 e. The zero-order valence-electron chi connectivity index (χ0n) is 42.9. The summed E-state index contributed by atoms with van der Waals surface area (Å²) in [4.78, 5) is -0.284. The number of phenolic OH excluding ortho intramolecular Hbond substituents is 1. The van der Waals surface area contributed by atoms with Gasteiger partial charge in [0.25, 0.3) is 10.1 Å². The third-order valence-corrected chi connectivity index (χ3v) is 8.32. The number of nitrogens with one attached hydrogen (secondary N) is 1. The van der Waals surface area contributed by atoms with E-state index in [0.29, 0.717) is 28.7 Å². The topological polar surface area (TPSA) is 150 Å². The maximum atomic E-state index is 12.5. The van der Waals surface area contributed by atoms with E-state index in [1.165, 1.54) is 42.5 Å². The number of aromatic hydroxyl groups is 1. The van der Waals surface area contributed by atoms with Gasteiger partial charge in [-0.05, 0) is 52.7 Å². The second-order valence-electron chi connectivity index (χ2n) is 13.3. The Morgan fingerprint density at radius 2 is 1.05 bits per heavy atom. The molecule has 0 atom stereocenters. The van der Waals surface area contributed by atoms with Crippen LogP contribution in [0.25, 0.3) is 21.5 Å². The van der Waals surface area contributed by atoms with Crippen molar-refractivity contribution in [2.45, 2.75) is 114 Å². The van der Waals surface area contributed by atoms with Gasteiger partial charge in [0.05, 0.1) is 7.11 Å². The normalized spacial score (nSPS) is 9.76. The first-order chi connectivity index (χ1) is 31.3. The number of fused-ring (bicyclic) bond motifs is 2. The van der Waals surface area contributed by atoms with Crippen LogP contribution in [0.2, 0.25) is 0 Å². The second-order valence-corrected chi connectivity index (χ2v) is 15.0. The Bertz CT molecular complexity index is 2170. The summed E-state index contributed by atoms with van der Waals surface area (Å²) in [6, 6.07) is 41.5. The van der Waals surface area contributed by atoms with E-state index in [1.807, 2.05) is 64.1 Å². The van der Waals surface area contributed by atoms with Crippen molar-refractivity contribution in [3.05, 3.63) is 133 Å². The first-order valence-electron chi connectivity index (χ1n) is 22.5. The molecule has 1 radical (unpaired) electrons. The third-order valence-electron chi connectivity index (χ3n) is 7.03. The van der Waals surface area contributed by atoms with Crippen molar-refractivity contribution in [3.63, 3.8) is 0 Å². The van der Waals surface area contributed by atoms with E-state index in [2.05, 4.69) is 150 Å². The Morgan fingerprint density at radius 3 is 1.41 bits per heavy atom. The Labute approximate surface area is 425 Å². The van der Waals surface area contributed by atoms with Gasteiger partial charge in [0.2, 0.25) is 0 Å². The molecule has 0 aliphatic rings. The Kier molecular flexibility index (Phi) is 46.7. The van der Waals surface area contributed by atoms with Gasteiger partial charge in [0.1, 0.15) is 10.6 Å². The quantitative estimate of drug-likeness (QED) is 0.0927. The zero-order valence-corrected chi connectivity index (χ0v) is 46.6. The molecule has 361 valence electrons. The molecule has 0 aliphatic carbocycles. The van der Waals surface area contributed by atoms with Crippen molar-refractivity contribution < 1.29 is 50.4 Å². The van der Waals surface area contributed by atoms with Gasteiger partial charge >= 0.3 is 0 Å². The molecule has 0 fully saturated rings. The number of hydrogen-bond acceptors (Lipinski definition) is 11. The van der Waals surface area contributed by atoms with E-state index in [4.69, 9.17) is 0 Å². The van der Waals surface area contributed by atoms with Crippen molar-refractivity contribution in [2.24, 2.45) is 30.7 Å². The van der Waals surface area contributed by atoms with Crippen molar-refractivity contribution >= 4 is 54.4 Å². The molecule has 2 N–H and O–H groups in total. The number of rotatable bonds is 7. The van der Waals surface area contributed by atoms with Gasteiger partial charge in [-0.2, -0.15) is 29.8 Å². The number of aryl methyl sites for hydroxylation is 1. The smallest absolute Gasteiger partial charge is 0.299 e. The fourth-order valence-electron chi connectivity index (χ4n) is 4.50. The van der Waals surface area contributed by atoms with Crippen LogP contribution in [0, 0.1) is 13.0 Å². The molecular weight excluding hydrogens is 920 g/mol. The van der Waals surface area contributed by atoms with Crippen molar-refractivity contribution in [1.29, 1.82) is 0 Å². The van der Waals surface area contributed by atoms with E-state index >= 15 is 0 Å². The Morgan fingerprint density at radius 1 is 0.606 bits per heavy atom. The molecule has 0 saturated carbocycles. The van der Waals surface area contributed by atoms with Crippen LogP contribution in [0.1, 0.15) is 107 Å². The molecule has 11 nitrogen and oxygen atoms in total. The monoisotopic (exact) mass is 1000 g/mol. The molecule has 6 aromatic carbocycles. The van der Waals surface area contributed by atoms with Gasteiger partial charge in [0, 0.05) is 71.5 Å². The summed E-state index contributed by atoms with van der Waals surface area (Å²) in [5.74, 6) is -0.315. The molecule has 0 spiro atoms. The van der Waals surface area contributed by atoms with Crippen LogP contribution >= 0.6 is 0 Å². The van der Waals surface area contributed by atoms with Crippen LogP contribution in [0.15, 0.2) is 157 Å². The summed E-state index contributed by atoms with van der Waals surface area (Å²) in [5.41, 5.74) is 2.33. The molecule has 0 bridgehead atoms. The van der Waals surface area contributed by atoms with Crippen molar-refractivity contribution in [3.8, 4) is 5.75 Å². The molecule has 0 unspecified atom stereocenters. The Balaban J connectivity index is -0.000000443. The number of benzene rings is 6. The largest absolute Gasteiger partial charge is 0.505 e. The van der Waals surface area contributed by atoms with Gasteiger partial charge < -0.3 is 10.4 Å². The molecule has 0 amide bonds. The molecule has 6 rings (SSSR count). The van der Waals surface area contributed by atoms with Crippen LogP contribution in [0.3, 0.4) is 0 Å². The number of nitrogens with zero attached hydrogens (tertiary/aromatic N) is 6. The number of hydrogen-bond donors (Lipinski definition) is 2. The summed E-state index contributed by atoms with van der Waals surface area (Å²) >= 11 is 0. The van der Waals surface area contributed by atoms with Crippen LogP contribution in [0.5, 0.6) is 5.75 Å². The fourth-order valence-corrected chi connectivity index (χ4v) is 5.33. The average Bonchev–Trinajstić information content (AvgIpc) is 3.32. The van der Waals surface area contributed by atoms with E-state index < -0.39 is 10.1 Å². The van der Waals surface area contributed by atoms with Gasteiger partial charge in [-0.15, -0.1) is 22.8 Å². The zero-order chi connectivity index (χ0) is 49.9.